The highest BCUT2D eigenvalue weighted by Crippen LogP contribution is 2.27. The van der Waals surface area contributed by atoms with Crippen LogP contribution in [0.15, 0.2) is 22.7 Å². The smallest absolute Gasteiger partial charge is 0.0641 e. The van der Waals surface area contributed by atoms with E-state index in [0.717, 1.165) is 42.5 Å². The van der Waals surface area contributed by atoms with Crippen LogP contribution >= 0.6 is 31.9 Å². The van der Waals surface area contributed by atoms with Gasteiger partial charge in [-0.05, 0) is 24.1 Å². The van der Waals surface area contributed by atoms with Gasteiger partial charge in [-0.2, -0.15) is 0 Å². The van der Waals surface area contributed by atoms with Gasteiger partial charge < -0.3 is 9.64 Å². The molecule has 1 aliphatic heterocycles. The first-order valence-corrected chi connectivity index (χ1v) is 7.40. The molecule has 0 atom stereocenters. The Kier molecular flexibility index (Phi) is 4.67. The summed E-state index contributed by atoms with van der Waals surface area (Å²) in [4.78, 5) is 2.41. The minimum Gasteiger partial charge on any atom is -0.380 e. The topological polar surface area (TPSA) is 12.5 Å². The van der Waals surface area contributed by atoms with Gasteiger partial charge in [-0.3, -0.25) is 0 Å². The summed E-state index contributed by atoms with van der Waals surface area (Å²) in [5.41, 5.74) is 2.65. The van der Waals surface area contributed by atoms with Gasteiger partial charge in [-0.25, -0.2) is 0 Å². The Morgan fingerprint density at radius 1 is 1.25 bits per heavy atom. The SMILES string of the molecule is BrCc1ccc(Br)cc1N1CCCOCC1. The Hall–Kier alpha value is -0.0600. The summed E-state index contributed by atoms with van der Waals surface area (Å²) in [5.74, 6) is 0. The summed E-state index contributed by atoms with van der Waals surface area (Å²) >= 11 is 7.08. The van der Waals surface area contributed by atoms with E-state index in [1.54, 1.807) is 0 Å². The summed E-state index contributed by atoms with van der Waals surface area (Å²) in [5, 5.41) is 0.896. The van der Waals surface area contributed by atoms with Crippen molar-refractivity contribution in [1.82, 2.24) is 0 Å². The van der Waals surface area contributed by atoms with Crippen LogP contribution in [0.1, 0.15) is 12.0 Å². The summed E-state index contributed by atoms with van der Waals surface area (Å²) in [6.07, 6.45) is 1.11. The molecule has 2 rings (SSSR count). The number of hydrogen-bond donors (Lipinski definition) is 0. The Labute approximate surface area is 113 Å². The maximum absolute atomic E-state index is 5.48. The average molecular weight is 349 g/mol. The lowest BCUT2D eigenvalue weighted by Gasteiger charge is -2.24. The molecule has 4 heteroatoms. The third kappa shape index (κ3) is 2.99. The summed E-state index contributed by atoms with van der Waals surface area (Å²) in [7, 11) is 0. The van der Waals surface area contributed by atoms with Gasteiger partial charge in [0.25, 0.3) is 0 Å². The maximum Gasteiger partial charge on any atom is 0.0641 e. The Bertz CT molecular complexity index is 349. The number of benzene rings is 1. The van der Waals surface area contributed by atoms with E-state index in [1.165, 1.54) is 11.3 Å². The number of rotatable bonds is 2. The number of nitrogens with zero attached hydrogens (tertiary/aromatic N) is 1. The van der Waals surface area contributed by atoms with Gasteiger partial charge in [0.05, 0.1) is 6.61 Å². The van der Waals surface area contributed by atoms with Crippen molar-refractivity contribution in [1.29, 1.82) is 0 Å². The van der Waals surface area contributed by atoms with E-state index in [0.29, 0.717) is 0 Å². The van der Waals surface area contributed by atoms with Crippen LogP contribution in [0, 0.1) is 0 Å². The van der Waals surface area contributed by atoms with Crippen molar-refractivity contribution in [2.24, 2.45) is 0 Å². The van der Waals surface area contributed by atoms with Gasteiger partial charge in [0, 0.05) is 35.2 Å². The first-order chi connectivity index (χ1) is 7.81. The molecule has 0 aromatic heterocycles. The molecular formula is C12H15Br2NO. The van der Waals surface area contributed by atoms with E-state index < -0.39 is 0 Å². The van der Waals surface area contributed by atoms with Gasteiger partial charge in [0.2, 0.25) is 0 Å². The Morgan fingerprint density at radius 2 is 2.12 bits per heavy atom. The zero-order chi connectivity index (χ0) is 11.4. The van der Waals surface area contributed by atoms with E-state index in [-0.39, 0.29) is 0 Å². The molecule has 0 radical (unpaired) electrons. The molecule has 0 spiro atoms. The molecule has 0 aliphatic carbocycles. The summed E-state index contributed by atoms with van der Waals surface area (Å²) < 4.78 is 6.62. The Balaban J connectivity index is 2.25. The molecule has 1 heterocycles. The lowest BCUT2D eigenvalue weighted by atomic mass is 10.2. The highest BCUT2D eigenvalue weighted by atomic mass is 79.9. The molecule has 2 nitrogen and oxygen atoms in total. The first kappa shape index (κ1) is 12.4. The van der Waals surface area contributed by atoms with Crippen molar-refractivity contribution in [2.45, 2.75) is 11.8 Å². The lowest BCUT2D eigenvalue weighted by Crippen LogP contribution is -2.26. The second-order valence-electron chi connectivity index (χ2n) is 3.86. The molecular weight excluding hydrogens is 334 g/mol. The van der Waals surface area contributed by atoms with Crippen LogP contribution in [0.3, 0.4) is 0 Å². The molecule has 16 heavy (non-hydrogen) atoms. The first-order valence-electron chi connectivity index (χ1n) is 5.48. The molecule has 1 aliphatic rings. The van der Waals surface area contributed by atoms with Crippen molar-refractivity contribution < 1.29 is 4.74 Å². The number of alkyl halides is 1. The van der Waals surface area contributed by atoms with Gasteiger partial charge in [-0.15, -0.1) is 0 Å². The molecule has 88 valence electrons. The molecule has 0 N–H and O–H groups in total. The van der Waals surface area contributed by atoms with Crippen molar-refractivity contribution in [3.63, 3.8) is 0 Å². The van der Waals surface area contributed by atoms with Crippen molar-refractivity contribution in [2.75, 3.05) is 31.2 Å². The molecule has 0 amide bonds. The third-order valence-electron chi connectivity index (χ3n) is 2.75. The Morgan fingerprint density at radius 3 is 2.94 bits per heavy atom. The quantitative estimate of drug-likeness (QED) is 0.757. The molecule has 0 saturated carbocycles. The highest BCUT2D eigenvalue weighted by molar-refractivity contribution is 9.10. The van der Waals surface area contributed by atoms with Gasteiger partial charge in [0.15, 0.2) is 0 Å². The van der Waals surface area contributed by atoms with Crippen LogP contribution in [0.2, 0.25) is 0 Å². The monoisotopic (exact) mass is 347 g/mol. The minimum absolute atomic E-state index is 0.828. The molecule has 0 unspecified atom stereocenters. The molecule has 1 saturated heterocycles. The largest absolute Gasteiger partial charge is 0.380 e. The van der Waals surface area contributed by atoms with Gasteiger partial charge in [0.1, 0.15) is 0 Å². The predicted molar refractivity (Wildman–Crippen MR) is 74.4 cm³/mol. The van der Waals surface area contributed by atoms with Crippen LogP contribution in [0.25, 0.3) is 0 Å². The van der Waals surface area contributed by atoms with E-state index in [9.17, 15) is 0 Å². The van der Waals surface area contributed by atoms with E-state index in [4.69, 9.17) is 4.74 Å². The zero-order valence-electron chi connectivity index (χ0n) is 9.09. The summed E-state index contributed by atoms with van der Waals surface area (Å²) in [6, 6.07) is 6.45. The van der Waals surface area contributed by atoms with Gasteiger partial charge in [-0.1, -0.05) is 37.9 Å². The predicted octanol–water partition coefficient (Wildman–Crippen LogP) is 3.57. The fourth-order valence-electron chi connectivity index (χ4n) is 1.93. The van der Waals surface area contributed by atoms with Gasteiger partial charge >= 0.3 is 0 Å². The van der Waals surface area contributed by atoms with Crippen molar-refractivity contribution in [3.05, 3.63) is 28.2 Å². The second kappa shape index (κ2) is 6.03. The zero-order valence-corrected chi connectivity index (χ0v) is 12.3. The number of halogens is 2. The maximum atomic E-state index is 5.48. The van der Waals surface area contributed by atoms with Crippen molar-refractivity contribution in [3.8, 4) is 0 Å². The third-order valence-corrected chi connectivity index (χ3v) is 3.85. The summed E-state index contributed by atoms with van der Waals surface area (Å²) in [6.45, 7) is 3.77. The van der Waals surface area contributed by atoms with Crippen molar-refractivity contribution >= 4 is 37.5 Å². The van der Waals surface area contributed by atoms with Crippen LogP contribution < -0.4 is 4.90 Å². The molecule has 1 aromatic carbocycles. The standard InChI is InChI=1S/C12H15Br2NO/c13-9-10-2-3-11(14)8-12(10)15-4-1-6-16-7-5-15/h2-3,8H,1,4-7,9H2. The number of anilines is 1. The minimum atomic E-state index is 0.828. The van der Waals surface area contributed by atoms with Crippen LogP contribution in [-0.4, -0.2) is 26.3 Å². The molecule has 0 bridgehead atoms. The van der Waals surface area contributed by atoms with Crippen LogP contribution in [-0.2, 0) is 10.1 Å². The lowest BCUT2D eigenvalue weighted by molar-refractivity contribution is 0.152. The number of hydrogen-bond acceptors (Lipinski definition) is 2. The molecule has 1 aromatic rings. The fraction of sp³-hybridized carbons (Fsp3) is 0.500. The van der Waals surface area contributed by atoms with Crippen LogP contribution in [0.5, 0.6) is 0 Å². The highest BCUT2D eigenvalue weighted by Gasteiger charge is 2.13. The number of ether oxygens (including phenoxy) is 1. The normalized spacial score (nSPS) is 17.2. The average Bonchev–Trinajstić information content (AvgIpc) is 2.57. The fourth-order valence-corrected chi connectivity index (χ4v) is 2.75. The van der Waals surface area contributed by atoms with Crippen LogP contribution in [0.4, 0.5) is 5.69 Å². The molecule has 1 fully saturated rings. The van der Waals surface area contributed by atoms with E-state index in [1.807, 2.05) is 0 Å². The van der Waals surface area contributed by atoms with E-state index >= 15 is 0 Å². The second-order valence-corrected chi connectivity index (χ2v) is 5.34. The van der Waals surface area contributed by atoms with E-state index in [2.05, 4.69) is 55.0 Å².